The molecule has 6 nitrogen and oxygen atoms in total. The van der Waals surface area contributed by atoms with E-state index in [0.29, 0.717) is 5.56 Å². The van der Waals surface area contributed by atoms with Crippen LogP contribution in [-0.4, -0.2) is 28.9 Å². The molecule has 7 heteroatoms. The summed E-state index contributed by atoms with van der Waals surface area (Å²) in [7, 11) is 0. The molecule has 0 radical (unpaired) electrons. The van der Waals surface area contributed by atoms with Gasteiger partial charge < -0.3 is 15.7 Å². The van der Waals surface area contributed by atoms with E-state index in [9.17, 15) is 18.8 Å². The zero-order chi connectivity index (χ0) is 16.0. The number of hydrogen-bond donors (Lipinski definition) is 3. The van der Waals surface area contributed by atoms with Gasteiger partial charge in [-0.1, -0.05) is 12.1 Å². The lowest BCUT2D eigenvalue weighted by atomic mass is 10.0. The summed E-state index contributed by atoms with van der Waals surface area (Å²) in [5.74, 6) is -2.43. The zero-order valence-corrected chi connectivity index (χ0v) is 11.7. The van der Waals surface area contributed by atoms with E-state index in [0.717, 1.165) is 0 Å². The van der Waals surface area contributed by atoms with Crippen LogP contribution in [0.25, 0.3) is 0 Å². The van der Waals surface area contributed by atoms with Crippen LogP contribution in [0.3, 0.4) is 0 Å². The molecule has 0 heterocycles. The molecule has 0 saturated heterocycles. The largest absolute Gasteiger partial charge is 0.481 e. The molecule has 2 amide bonds. The van der Waals surface area contributed by atoms with Gasteiger partial charge >= 0.3 is 5.97 Å². The fourth-order valence-electron chi connectivity index (χ4n) is 1.79. The maximum absolute atomic E-state index is 12.9. The first-order valence-corrected chi connectivity index (χ1v) is 6.34. The van der Waals surface area contributed by atoms with E-state index in [4.69, 9.17) is 5.11 Å². The Bertz CT molecular complexity index is 530. The molecular formula is C14H17FN2O4. The van der Waals surface area contributed by atoms with Gasteiger partial charge in [-0.2, -0.15) is 0 Å². The van der Waals surface area contributed by atoms with Gasteiger partial charge in [0.2, 0.25) is 11.8 Å². The van der Waals surface area contributed by atoms with Crippen molar-refractivity contribution >= 4 is 17.8 Å². The Morgan fingerprint density at radius 3 is 2.24 bits per heavy atom. The van der Waals surface area contributed by atoms with Crippen LogP contribution >= 0.6 is 0 Å². The molecule has 0 aliphatic heterocycles. The standard InChI is InChI=1S/C14H17FN2O4/c1-8(16-9(2)18)14(21)17-12(7-13(19)20)10-3-5-11(15)6-4-10/h3-6,8,12H,7H2,1-2H3,(H,16,18)(H,17,21)(H,19,20). The number of nitrogens with one attached hydrogen (secondary N) is 2. The number of hydrogen-bond acceptors (Lipinski definition) is 3. The van der Waals surface area contributed by atoms with Gasteiger partial charge in [-0.15, -0.1) is 0 Å². The van der Waals surface area contributed by atoms with Crippen molar-refractivity contribution in [3.05, 3.63) is 35.6 Å². The van der Waals surface area contributed by atoms with Crippen LogP contribution in [0.2, 0.25) is 0 Å². The van der Waals surface area contributed by atoms with Crippen molar-refractivity contribution in [2.75, 3.05) is 0 Å². The Morgan fingerprint density at radius 1 is 1.19 bits per heavy atom. The van der Waals surface area contributed by atoms with E-state index in [1.165, 1.54) is 38.1 Å². The normalized spacial score (nSPS) is 13.1. The molecule has 0 aliphatic carbocycles. The van der Waals surface area contributed by atoms with Gasteiger partial charge in [-0.25, -0.2) is 4.39 Å². The lowest BCUT2D eigenvalue weighted by Crippen LogP contribution is -2.45. The summed E-state index contributed by atoms with van der Waals surface area (Å²) in [6.45, 7) is 2.76. The van der Waals surface area contributed by atoms with Gasteiger partial charge in [-0.05, 0) is 24.6 Å². The molecule has 0 bridgehead atoms. The van der Waals surface area contributed by atoms with Gasteiger partial charge in [0.1, 0.15) is 11.9 Å². The Labute approximate surface area is 121 Å². The minimum atomic E-state index is -1.10. The number of benzene rings is 1. The molecule has 0 aliphatic rings. The van der Waals surface area contributed by atoms with Crippen LogP contribution in [0.1, 0.15) is 31.9 Å². The second-order valence-electron chi connectivity index (χ2n) is 4.63. The molecule has 0 spiro atoms. The molecule has 2 atom stereocenters. The average Bonchev–Trinajstić information content (AvgIpc) is 2.37. The number of amides is 2. The highest BCUT2D eigenvalue weighted by molar-refractivity contribution is 5.87. The number of rotatable bonds is 6. The highest BCUT2D eigenvalue weighted by Crippen LogP contribution is 2.17. The van der Waals surface area contributed by atoms with E-state index in [-0.39, 0.29) is 12.3 Å². The molecule has 0 fully saturated rings. The Balaban J connectivity index is 2.83. The molecule has 2 unspecified atom stereocenters. The van der Waals surface area contributed by atoms with Crippen LogP contribution in [0.5, 0.6) is 0 Å². The van der Waals surface area contributed by atoms with Gasteiger partial charge in [0.25, 0.3) is 0 Å². The second kappa shape index (κ2) is 7.37. The van der Waals surface area contributed by atoms with Crippen LogP contribution in [0, 0.1) is 5.82 Å². The first kappa shape index (κ1) is 16.6. The molecule has 3 N–H and O–H groups in total. The lowest BCUT2D eigenvalue weighted by Gasteiger charge is -2.20. The van der Waals surface area contributed by atoms with Crippen LogP contribution in [-0.2, 0) is 14.4 Å². The summed E-state index contributed by atoms with van der Waals surface area (Å²) in [5.41, 5.74) is 0.474. The van der Waals surface area contributed by atoms with Crippen molar-refractivity contribution in [3.8, 4) is 0 Å². The van der Waals surface area contributed by atoms with E-state index < -0.39 is 29.8 Å². The van der Waals surface area contributed by atoms with Crippen molar-refractivity contribution < 1.29 is 23.9 Å². The highest BCUT2D eigenvalue weighted by atomic mass is 19.1. The monoisotopic (exact) mass is 296 g/mol. The summed E-state index contributed by atoms with van der Waals surface area (Å²) in [5, 5.41) is 13.8. The third kappa shape index (κ3) is 5.60. The first-order valence-electron chi connectivity index (χ1n) is 6.34. The summed E-state index contributed by atoms with van der Waals surface area (Å²) in [4.78, 5) is 33.7. The topological polar surface area (TPSA) is 95.5 Å². The van der Waals surface area contributed by atoms with E-state index in [1.54, 1.807) is 0 Å². The highest BCUT2D eigenvalue weighted by Gasteiger charge is 2.21. The smallest absolute Gasteiger partial charge is 0.305 e. The van der Waals surface area contributed by atoms with Crippen LogP contribution in [0.15, 0.2) is 24.3 Å². The first-order chi connectivity index (χ1) is 9.79. The van der Waals surface area contributed by atoms with Crippen molar-refractivity contribution in [1.29, 1.82) is 0 Å². The molecule has 1 aromatic rings. The van der Waals surface area contributed by atoms with Crippen LogP contribution in [0.4, 0.5) is 4.39 Å². The SMILES string of the molecule is CC(=O)NC(C)C(=O)NC(CC(=O)O)c1ccc(F)cc1. The number of carboxylic acids is 1. The van der Waals surface area contributed by atoms with Crippen molar-refractivity contribution in [2.45, 2.75) is 32.4 Å². The van der Waals surface area contributed by atoms with Crippen molar-refractivity contribution in [3.63, 3.8) is 0 Å². The van der Waals surface area contributed by atoms with Gasteiger partial charge in [0.05, 0.1) is 12.5 Å². The van der Waals surface area contributed by atoms with E-state index >= 15 is 0 Å². The number of aliphatic carboxylic acids is 1. The number of carbonyl (C=O) groups excluding carboxylic acids is 2. The minimum absolute atomic E-state index is 0.343. The summed E-state index contributed by atoms with van der Waals surface area (Å²) < 4.78 is 12.9. The lowest BCUT2D eigenvalue weighted by molar-refractivity contribution is -0.138. The minimum Gasteiger partial charge on any atom is -0.481 e. The van der Waals surface area contributed by atoms with Crippen molar-refractivity contribution in [1.82, 2.24) is 10.6 Å². The van der Waals surface area contributed by atoms with Gasteiger partial charge in [-0.3, -0.25) is 14.4 Å². The number of carbonyl (C=O) groups is 3. The predicted molar refractivity (Wildman–Crippen MR) is 72.8 cm³/mol. The quantitative estimate of drug-likeness (QED) is 0.729. The van der Waals surface area contributed by atoms with Gasteiger partial charge in [0.15, 0.2) is 0 Å². The molecule has 114 valence electrons. The third-order valence-corrected chi connectivity index (χ3v) is 2.78. The van der Waals surface area contributed by atoms with Gasteiger partial charge in [0, 0.05) is 6.92 Å². The molecule has 1 rings (SSSR count). The fraction of sp³-hybridized carbons (Fsp3) is 0.357. The summed E-state index contributed by atoms with van der Waals surface area (Å²) in [6.07, 6.45) is -0.343. The maximum atomic E-state index is 12.9. The summed E-state index contributed by atoms with van der Waals surface area (Å²) >= 11 is 0. The zero-order valence-electron chi connectivity index (χ0n) is 11.7. The van der Waals surface area contributed by atoms with Crippen molar-refractivity contribution in [2.24, 2.45) is 0 Å². The Kier molecular flexibility index (Phi) is 5.83. The van der Waals surface area contributed by atoms with E-state index in [2.05, 4.69) is 10.6 Å². The fourth-order valence-corrected chi connectivity index (χ4v) is 1.79. The third-order valence-electron chi connectivity index (χ3n) is 2.78. The number of carboxylic acid groups (broad SMARTS) is 1. The average molecular weight is 296 g/mol. The number of halogens is 1. The van der Waals surface area contributed by atoms with E-state index in [1.807, 2.05) is 0 Å². The molecule has 21 heavy (non-hydrogen) atoms. The second-order valence-corrected chi connectivity index (χ2v) is 4.63. The molecule has 1 aromatic carbocycles. The van der Waals surface area contributed by atoms with Crippen LogP contribution < -0.4 is 10.6 Å². The Morgan fingerprint density at radius 2 is 1.76 bits per heavy atom. The molecule has 0 aromatic heterocycles. The summed E-state index contributed by atoms with van der Waals surface area (Å²) in [6, 6.07) is 3.60. The Hall–Kier alpha value is -2.44. The predicted octanol–water partition coefficient (Wildman–Crippen LogP) is 0.982. The maximum Gasteiger partial charge on any atom is 0.305 e. The molecule has 0 saturated carbocycles. The molecular weight excluding hydrogens is 279 g/mol.